The molecule has 0 aliphatic carbocycles. The van der Waals surface area contributed by atoms with Gasteiger partial charge in [-0.05, 0) is 0 Å². The molecule has 2 unspecified atom stereocenters. The predicted molar refractivity (Wildman–Crippen MR) is 76.2 cm³/mol. The van der Waals surface area contributed by atoms with Crippen molar-refractivity contribution in [3.63, 3.8) is 0 Å². The standard InChI is InChI=1S/2C8H17.Ti/c2*1-4-6-7-8(3)5-2;/h2*8H,3-7H2,1-2H3;. The van der Waals surface area contributed by atoms with Crippen molar-refractivity contribution < 1.29 is 19.2 Å². The van der Waals surface area contributed by atoms with Crippen LogP contribution in [0.25, 0.3) is 0 Å². The molecule has 0 aliphatic rings. The van der Waals surface area contributed by atoms with Crippen LogP contribution in [0.15, 0.2) is 0 Å². The Morgan fingerprint density at radius 3 is 1.41 bits per heavy atom. The maximum absolute atomic E-state index is 2.39. The van der Waals surface area contributed by atoms with E-state index in [4.69, 9.17) is 0 Å². The molecule has 0 spiro atoms. The van der Waals surface area contributed by atoms with E-state index in [1.165, 1.54) is 51.4 Å². The first kappa shape index (κ1) is 17.7. The Labute approximate surface area is 119 Å². The van der Waals surface area contributed by atoms with Crippen molar-refractivity contribution in [2.45, 2.75) is 88.5 Å². The fraction of sp³-hybridized carbons (Fsp3) is 1.00. The van der Waals surface area contributed by atoms with Crippen molar-refractivity contribution in [2.75, 3.05) is 0 Å². The molecule has 0 fully saturated rings. The van der Waals surface area contributed by atoms with E-state index in [0.717, 1.165) is 11.8 Å². The topological polar surface area (TPSA) is 0 Å². The Balaban J connectivity index is 3.61. The van der Waals surface area contributed by atoms with Crippen molar-refractivity contribution in [1.82, 2.24) is 0 Å². The van der Waals surface area contributed by atoms with Crippen molar-refractivity contribution in [3.05, 3.63) is 0 Å². The van der Waals surface area contributed by atoms with Crippen molar-refractivity contribution in [2.24, 2.45) is 11.8 Å². The van der Waals surface area contributed by atoms with E-state index in [1.807, 2.05) is 0 Å². The summed E-state index contributed by atoms with van der Waals surface area (Å²) in [6.45, 7) is 9.42. The average molecular weight is 274 g/mol. The first-order valence-corrected chi connectivity index (χ1v) is 10.2. The molecule has 0 nitrogen and oxygen atoms in total. The molecule has 0 saturated carbocycles. The van der Waals surface area contributed by atoms with Gasteiger partial charge in [0.05, 0.1) is 0 Å². The molecular formula is C16H34Ti. The van der Waals surface area contributed by atoms with Crippen LogP contribution in [0.3, 0.4) is 0 Å². The van der Waals surface area contributed by atoms with Gasteiger partial charge in [0.15, 0.2) is 0 Å². The second-order valence-electron chi connectivity index (χ2n) is 5.49. The Kier molecular flexibility index (Phi) is 13.7. The quantitative estimate of drug-likeness (QED) is 0.364. The van der Waals surface area contributed by atoms with Gasteiger partial charge >= 0.3 is 120 Å². The summed E-state index contributed by atoms with van der Waals surface area (Å²) < 4.78 is 3.22. The first-order valence-electron chi connectivity index (χ1n) is 7.99. The summed E-state index contributed by atoms with van der Waals surface area (Å²) in [5.41, 5.74) is 0. The van der Waals surface area contributed by atoms with E-state index in [1.54, 1.807) is 9.45 Å². The molecule has 0 aromatic rings. The van der Waals surface area contributed by atoms with Crippen molar-refractivity contribution in [1.29, 1.82) is 0 Å². The zero-order chi connectivity index (χ0) is 12.9. The molecule has 0 rings (SSSR count). The number of rotatable bonds is 12. The first-order chi connectivity index (χ1) is 8.28. The fourth-order valence-corrected chi connectivity index (χ4v) is 5.45. The zero-order valence-corrected chi connectivity index (χ0v) is 14.3. The van der Waals surface area contributed by atoms with Crippen LogP contribution in [-0.4, -0.2) is 0 Å². The molecular weight excluding hydrogens is 240 g/mol. The Bertz CT molecular complexity index is 128. The average Bonchev–Trinajstić information content (AvgIpc) is 2.37. The summed E-state index contributed by atoms with van der Waals surface area (Å²) >= 11 is 0.362. The predicted octanol–water partition coefficient (Wildman–Crippen LogP) is 6.34. The normalized spacial score (nSPS) is 14.6. The van der Waals surface area contributed by atoms with Crippen LogP contribution in [0.1, 0.15) is 79.1 Å². The molecule has 0 aliphatic heterocycles. The van der Waals surface area contributed by atoms with Gasteiger partial charge in [0.2, 0.25) is 0 Å². The molecule has 0 saturated heterocycles. The monoisotopic (exact) mass is 274 g/mol. The number of unbranched alkanes of at least 4 members (excludes halogenated alkanes) is 2. The van der Waals surface area contributed by atoms with Gasteiger partial charge in [0, 0.05) is 0 Å². The molecule has 2 atom stereocenters. The van der Waals surface area contributed by atoms with E-state index in [-0.39, 0.29) is 0 Å². The summed E-state index contributed by atoms with van der Waals surface area (Å²) in [7, 11) is 0. The van der Waals surface area contributed by atoms with Gasteiger partial charge in [0.25, 0.3) is 0 Å². The second-order valence-corrected chi connectivity index (χ2v) is 7.55. The Morgan fingerprint density at radius 2 is 1.12 bits per heavy atom. The van der Waals surface area contributed by atoms with Crippen molar-refractivity contribution in [3.8, 4) is 0 Å². The number of hydrogen-bond donors (Lipinski definition) is 0. The third kappa shape index (κ3) is 10.3. The molecule has 0 heterocycles. The third-order valence-corrected chi connectivity index (χ3v) is 6.66. The van der Waals surface area contributed by atoms with E-state index in [0.29, 0.717) is 19.2 Å². The van der Waals surface area contributed by atoms with E-state index in [9.17, 15) is 0 Å². The van der Waals surface area contributed by atoms with Crippen molar-refractivity contribution >= 4 is 0 Å². The van der Waals surface area contributed by atoms with Gasteiger partial charge in [-0.15, -0.1) is 0 Å². The summed E-state index contributed by atoms with van der Waals surface area (Å²) in [6.07, 6.45) is 11.5. The molecule has 0 aromatic carbocycles. The van der Waals surface area contributed by atoms with Crippen LogP contribution >= 0.6 is 0 Å². The summed E-state index contributed by atoms with van der Waals surface area (Å²) in [6, 6.07) is 0. The summed E-state index contributed by atoms with van der Waals surface area (Å²) in [5.74, 6) is 2.14. The second kappa shape index (κ2) is 13.2. The van der Waals surface area contributed by atoms with Gasteiger partial charge in [0.1, 0.15) is 0 Å². The molecule has 1 heteroatoms. The Hall–Kier alpha value is 0.714. The van der Waals surface area contributed by atoms with Crippen LogP contribution in [0.2, 0.25) is 9.45 Å². The maximum atomic E-state index is 2.39. The van der Waals surface area contributed by atoms with E-state index in [2.05, 4.69) is 27.7 Å². The van der Waals surface area contributed by atoms with Gasteiger partial charge in [-0.25, -0.2) is 0 Å². The van der Waals surface area contributed by atoms with Crippen LogP contribution in [-0.2, 0) is 19.2 Å². The molecule has 102 valence electrons. The van der Waals surface area contributed by atoms with E-state index >= 15 is 0 Å². The molecule has 17 heavy (non-hydrogen) atoms. The van der Waals surface area contributed by atoms with Gasteiger partial charge in [-0.2, -0.15) is 0 Å². The molecule has 0 aromatic heterocycles. The third-order valence-electron chi connectivity index (χ3n) is 3.95. The minimum atomic E-state index is 0.362. The summed E-state index contributed by atoms with van der Waals surface area (Å²) in [4.78, 5) is 0. The molecule has 0 N–H and O–H groups in total. The Morgan fingerprint density at radius 1 is 0.706 bits per heavy atom. The van der Waals surface area contributed by atoms with Gasteiger partial charge in [-0.3, -0.25) is 0 Å². The van der Waals surface area contributed by atoms with Crippen LogP contribution in [0.4, 0.5) is 0 Å². The SMILES string of the molecule is CCCCC(CC)[CH2][Ti][CH2]C(CC)CCCC. The van der Waals surface area contributed by atoms with Crippen LogP contribution in [0, 0.1) is 11.8 Å². The number of hydrogen-bond acceptors (Lipinski definition) is 0. The zero-order valence-electron chi connectivity index (χ0n) is 12.7. The van der Waals surface area contributed by atoms with E-state index < -0.39 is 0 Å². The van der Waals surface area contributed by atoms with Crippen LogP contribution < -0.4 is 0 Å². The molecule has 0 radical (unpaired) electrons. The van der Waals surface area contributed by atoms with Crippen LogP contribution in [0.5, 0.6) is 0 Å². The fourth-order valence-electron chi connectivity index (χ4n) is 2.38. The van der Waals surface area contributed by atoms with Gasteiger partial charge in [-0.1, -0.05) is 0 Å². The van der Waals surface area contributed by atoms with Gasteiger partial charge < -0.3 is 0 Å². The minimum absolute atomic E-state index is 0.362. The summed E-state index contributed by atoms with van der Waals surface area (Å²) in [5, 5.41) is 0. The molecule has 0 bridgehead atoms. The molecule has 0 amide bonds.